The van der Waals surface area contributed by atoms with E-state index in [9.17, 15) is 0 Å². The summed E-state index contributed by atoms with van der Waals surface area (Å²) in [6, 6.07) is 6.28. The second kappa shape index (κ2) is 5.92. The van der Waals surface area contributed by atoms with E-state index in [1.54, 1.807) is 0 Å². The van der Waals surface area contributed by atoms with Crippen LogP contribution in [0.1, 0.15) is 31.7 Å². The van der Waals surface area contributed by atoms with Gasteiger partial charge in [0.05, 0.1) is 0 Å². The summed E-state index contributed by atoms with van der Waals surface area (Å²) in [5, 5.41) is 3.36. The molecule has 0 bridgehead atoms. The number of hydrogen-bond acceptors (Lipinski definition) is 3. The summed E-state index contributed by atoms with van der Waals surface area (Å²) >= 11 is 0. The van der Waals surface area contributed by atoms with Crippen LogP contribution in [-0.2, 0) is 0 Å². The standard InChI is InChI=1S/C14H21NO2/c1-3-15-7-6-11(2)12-4-5-13-14(10-12)17-9-8-16-13/h4-5,10-11,15H,3,6-9H2,1-2H3. The third kappa shape index (κ3) is 3.13. The molecule has 0 saturated heterocycles. The van der Waals surface area contributed by atoms with Gasteiger partial charge in [-0.25, -0.2) is 0 Å². The van der Waals surface area contributed by atoms with Gasteiger partial charge in [-0.15, -0.1) is 0 Å². The molecule has 0 radical (unpaired) electrons. The smallest absolute Gasteiger partial charge is 0.161 e. The first-order valence-corrected chi connectivity index (χ1v) is 6.41. The Morgan fingerprint density at radius 2 is 2.00 bits per heavy atom. The Labute approximate surface area is 103 Å². The average Bonchev–Trinajstić information content (AvgIpc) is 2.38. The quantitative estimate of drug-likeness (QED) is 0.796. The summed E-state index contributed by atoms with van der Waals surface area (Å²) in [5.41, 5.74) is 1.33. The van der Waals surface area contributed by atoms with E-state index < -0.39 is 0 Å². The van der Waals surface area contributed by atoms with E-state index in [2.05, 4.69) is 31.3 Å². The highest BCUT2D eigenvalue weighted by Gasteiger charge is 2.14. The molecular weight excluding hydrogens is 214 g/mol. The lowest BCUT2D eigenvalue weighted by Crippen LogP contribution is -2.17. The Bertz CT molecular complexity index is 365. The van der Waals surface area contributed by atoms with Crippen LogP contribution in [0.25, 0.3) is 0 Å². The van der Waals surface area contributed by atoms with Gasteiger partial charge in [-0.1, -0.05) is 19.9 Å². The molecule has 0 aliphatic carbocycles. The van der Waals surface area contributed by atoms with Crippen molar-refractivity contribution in [3.05, 3.63) is 23.8 Å². The number of fused-ring (bicyclic) bond motifs is 1. The summed E-state index contributed by atoms with van der Waals surface area (Å²) in [4.78, 5) is 0. The van der Waals surface area contributed by atoms with Crippen molar-refractivity contribution >= 4 is 0 Å². The molecule has 1 heterocycles. The summed E-state index contributed by atoms with van der Waals surface area (Å²) in [5.74, 6) is 2.31. The predicted molar refractivity (Wildman–Crippen MR) is 69.0 cm³/mol. The first kappa shape index (κ1) is 12.2. The third-order valence-electron chi connectivity index (χ3n) is 3.14. The van der Waals surface area contributed by atoms with Crippen molar-refractivity contribution in [3.63, 3.8) is 0 Å². The molecule has 0 amide bonds. The van der Waals surface area contributed by atoms with Gasteiger partial charge >= 0.3 is 0 Å². The van der Waals surface area contributed by atoms with E-state index in [4.69, 9.17) is 9.47 Å². The molecule has 1 aromatic rings. The molecule has 0 saturated carbocycles. The maximum absolute atomic E-state index is 5.60. The first-order valence-electron chi connectivity index (χ1n) is 6.41. The lowest BCUT2D eigenvalue weighted by Gasteiger charge is -2.20. The van der Waals surface area contributed by atoms with Gasteiger partial charge in [0.25, 0.3) is 0 Å². The molecule has 2 rings (SSSR count). The van der Waals surface area contributed by atoms with Gasteiger partial charge in [0.15, 0.2) is 11.5 Å². The highest BCUT2D eigenvalue weighted by atomic mass is 16.6. The van der Waals surface area contributed by atoms with Gasteiger partial charge in [-0.3, -0.25) is 0 Å². The molecule has 1 aromatic carbocycles. The Balaban J connectivity index is 2.00. The zero-order valence-corrected chi connectivity index (χ0v) is 10.7. The van der Waals surface area contributed by atoms with Gasteiger partial charge in [0.2, 0.25) is 0 Å². The van der Waals surface area contributed by atoms with E-state index in [1.165, 1.54) is 5.56 Å². The summed E-state index contributed by atoms with van der Waals surface area (Å²) in [7, 11) is 0. The lowest BCUT2D eigenvalue weighted by molar-refractivity contribution is 0.171. The monoisotopic (exact) mass is 235 g/mol. The molecule has 0 spiro atoms. The van der Waals surface area contributed by atoms with Crippen LogP contribution in [0.3, 0.4) is 0 Å². The topological polar surface area (TPSA) is 30.5 Å². The molecule has 3 heteroatoms. The van der Waals surface area contributed by atoms with Crippen molar-refractivity contribution in [3.8, 4) is 11.5 Å². The molecule has 0 fully saturated rings. The highest BCUT2D eigenvalue weighted by molar-refractivity contribution is 5.44. The number of ether oxygens (including phenoxy) is 2. The van der Waals surface area contributed by atoms with Crippen LogP contribution in [-0.4, -0.2) is 26.3 Å². The Kier molecular flexibility index (Phi) is 4.26. The maximum Gasteiger partial charge on any atom is 0.161 e. The minimum Gasteiger partial charge on any atom is -0.486 e. The average molecular weight is 235 g/mol. The van der Waals surface area contributed by atoms with E-state index >= 15 is 0 Å². The Hall–Kier alpha value is -1.22. The molecule has 94 valence electrons. The molecular formula is C14H21NO2. The van der Waals surface area contributed by atoms with Crippen molar-refractivity contribution in [1.29, 1.82) is 0 Å². The van der Waals surface area contributed by atoms with Gasteiger partial charge < -0.3 is 14.8 Å². The normalized spacial score (nSPS) is 15.6. The Morgan fingerprint density at radius 1 is 1.24 bits per heavy atom. The van der Waals surface area contributed by atoms with Crippen LogP contribution < -0.4 is 14.8 Å². The van der Waals surface area contributed by atoms with Gasteiger partial charge in [0, 0.05) is 0 Å². The van der Waals surface area contributed by atoms with Crippen LogP contribution in [0.4, 0.5) is 0 Å². The van der Waals surface area contributed by atoms with Crippen molar-refractivity contribution in [2.75, 3.05) is 26.3 Å². The van der Waals surface area contributed by atoms with Crippen LogP contribution >= 0.6 is 0 Å². The maximum atomic E-state index is 5.60. The van der Waals surface area contributed by atoms with E-state index in [0.29, 0.717) is 19.1 Å². The Morgan fingerprint density at radius 3 is 2.76 bits per heavy atom. The van der Waals surface area contributed by atoms with Crippen LogP contribution in [0.5, 0.6) is 11.5 Å². The molecule has 1 N–H and O–H groups in total. The number of benzene rings is 1. The van der Waals surface area contributed by atoms with Crippen molar-refractivity contribution in [2.45, 2.75) is 26.2 Å². The molecule has 17 heavy (non-hydrogen) atoms. The van der Waals surface area contributed by atoms with Gasteiger partial charge in [-0.2, -0.15) is 0 Å². The molecule has 1 atom stereocenters. The minimum absolute atomic E-state index is 0.546. The van der Waals surface area contributed by atoms with Crippen LogP contribution in [0, 0.1) is 0 Å². The largest absolute Gasteiger partial charge is 0.486 e. The molecule has 1 aliphatic rings. The number of hydrogen-bond donors (Lipinski definition) is 1. The number of nitrogens with one attached hydrogen (secondary N) is 1. The second-order valence-electron chi connectivity index (χ2n) is 4.45. The van der Waals surface area contributed by atoms with E-state index in [0.717, 1.165) is 31.0 Å². The van der Waals surface area contributed by atoms with Crippen LogP contribution in [0.2, 0.25) is 0 Å². The first-order chi connectivity index (χ1) is 8.31. The molecule has 0 aromatic heterocycles. The van der Waals surface area contributed by atoms with Crippen molar-refractivity contribution in [1.82, 2.24) is 5.32 Å². The van der Waals surface area contributed by atoms with Crippen molar-refractivity contribution < 1.29 is 9.47 Å². The summed E-state index contributed by atoms with van der Waals surface area (Å²) in [6.45, 7) is 7.79. The van der Waals surface area contributed by atoms with Crippen LogP contribution in [0.15, 0.2) is 18.2 Å². The molecule has 1 unspecified atom stereocenters. The van der Waals surface area contributed by atoms with Gasteiger partial charge in [0.1, 0.15) is 13.2 Å². The SMILES string of the molecule is CCNCCC(C)c1ccc2c(c1)OCCO2. The predicted octanol–water partition coefficient (Wildman–Crippen LogP) is 2.56. The minimum atomic E-state index is 0.546. The van der Waals surface area contributed by atoms with Gasteiger partial charge in [-0.05, 0) is 43.1 Å². The zero-order chi connectivity index (χ0) is 12.1. The van der Waals surface area contributed by atoms with Crippen molar-refractivity contribution in [2.24, 2.45) is 0 Å². The fourth-order valence-corrected chi connectivity index (χ4v) is 2.03. The van der Waals surface area contributed by atoms with E-state index in [-0.39, 0.29) is 0 Å². The third-order valence-corrected chi connectivity index (χ3v) is 3.14. The summed E-state index contributed by atoms with van der Waals surface area (Å²) in [6.07, 6.45) is 1.15. The molecule has 1 aliphatic heterocycles. The molecule has 3 nitrogen and oxygen atoms in total. The highest BCUT2D eigenvalue weighted by Crippen LogP contribution is 2.33. The second-order valence-corrected chi connectivity index (χ2v) is 4.45. The van der Waals surface area contributed by atoms with E-state index in [1.807, 2.05) is 6.07 Å². The fraction of sp³-hybridized carbons (Fsp3) is 0.571. The number of rotatable bonds is 5. The summed E-state index contributed by atoms with van der Waals surface area (Å²) < 4.78 is 11.1. The fourth-order valence-electron chi connectivity index (χ4n) is 2.03. The zero-order valence-electron chi connectivity index (χ0n) is 10.7. The lowest BCUT2D eigenvalue weighted by atomic mass is 9.97.